The Balaban J connectivity index is 1.53. The number of halogens is 3. The fraction of sp³-hybridized carbons (Fsp3) is 0.571. The third kappa shape index (κ3) is 4.53. The molecule has 168 valence electrons. The van der Waals surface area contributed by atoms with Crippen molar-refractivity contribution in [3.05, 3.63) is 51.7 Å². The summed E-state index contributed by atoms with van der Waals surface area (Å²) in [5.41, 5.74) is -0.713. The quantitative estimate of drug-likeness (QED) is 0.695. The van der Waals surface area contributed by atoms with E-state index in [1.807, 2.05) is 0 Å². The number of ether oxygens (including phenoxy) is 1. The van der Waals surface area contributed by atoms with E-state index < -0.39 is 11.7 Å². The van der Waals surface area contributed by atoms with E-state index in [1.165, 1.54) is 16.8 Å². The van der Waals surface area contributed by atoms with Gasteiger partial charge in [-0.15, -0.1) is 0 Å². The second-order valence-corrected chi connectivity index (χ2v) is 8.12. The molecule has 1 aliphatic heterocycles. The molecule has 0 N–H and O–H groups in total. The summed E-state index contributed by atoms with van der Waals surface area (Å²) in [4.78, 5) is 27.4. The Hall–Kier alpha value is -2.62. The molecule has 2 aromatic rings. The third-order valence-electron chi connectivity index (χ3n) is 5.85. The number of benzene rings is 1. The second kappa shape index (κ2) is 8.49. The van der Waals surface area contributed by atoms with Crippen molar-refractivity contribution in [2.45, 2.75) is 50.4 Å². The SMILES string of the molecule is COCCn1nc([C@H]2CCCN(C(=O)c3ccc(C(F)(F)F)cc3)C2)n(C2CC2)c1=O. The van der Waals surface area contributed by atoms with E-state index >= 15 is 0 Å². The number of alkyl halides is 3. The zero-order valence-electron chi connectivity index (χ0n) is 17.3. The van der Waals surface area contributed by atoms with Crippen molar-refractivity contribution in [3.8, 4) is 0 Å². The van der Waals surface area contributed by atoms with E-state index in [0.717, 1.165) is 37.8 Å². The number of amides is 1. The number of aromatic nitrogens is 3. The number of nitrogens with zero attached hydrogens (tertiary/aromatic N) is 4. The van der Waals surface area contributed by atoms with Crippen LogP contribution in [-0.4, -0.2) is 52.0 Å². The number of carbonyl (C=O) groups is 1. The number of methoxy groups -OCH3 is 1. The van der Waals surface area contributed by atoms with Crippen LogP contribution in [0.4, 0.5) is 13.2 Å². The maximum Gasteiger partial charge on any atom is 0.416 e. The number of carbonyl (C=O) groups excluding carboxylic acids is 1. The maximum atomic E-state index is 12.9. The molecule has 1 atom stereocenters. The van der Waals surface area contributed by atoms with Gasteiger partial charge in [-0.3, -0.25) is 9.36 Å². The summed E-state index contributed by atoms with van der Waals surface area (Å²) in [6, 6.07) is 4.44. The molecule has 1 amide bonds. The Morgan fingerprint density at radius 1 is 1.19 bits per heavy atom. The highest BCUT2D eigenvalue weighted by atomic mass is 19.4. The Bertz CT molecular complexity index is 993. The van der Waals surface area contributed by atoms with Gasteiger partial charge in [0.1, 0.15) is 5.82 Å². The van der Waals surface area contributed by atoms with Gasteiger partial charge in [0.2, 0.25) is 0 Å². The summed E-state index contributed by atoms with van der Waals surface area (Å²) >= 11 is 0. The molecule has 2 fully saturated rings. The first-order valence-corrected chi connectivity index (χ1v) is 10.4. The molecule has 7 nitrogen and oxygen atoms in total. The summed E-state index contributed by atoms with van der Waals surface area (Å²) in [6.07, 6.45) is -1.04. The molecule has 0 radical (unpaired) electrons. The van der Waals surface area contributed by atoms with Crippen LogP contribution in [0, 0.1) is 0 Å². The van der Waals surface area contributed by atoms with E-state index in [0.29, 0.717) is 32.1 Å². The first kappa shape index (κ1) is 21.6. The lowest BCUT2D eigenvalue weighted by Crippen LogP contribution is -2.40. The largest absolute Gasteiger partial charge is 0.416 e. The summed E-state index contributed by atoms with van der Waals surface area (Å²) in [6.45, 7) is 1.65. The number of hydrogen-bond acceptors (Lipinski definition) is 4. The number of rotatable bonds is 6. The fourth-order valence-electron chi connectivity index (χ4n) is 4.07. The van der Waals surface area contributed by atoms with Gasteiger partial charge in [0, 0.05) is 37.7 Å². The topological polar surface area (TPSA) is 69.4 Å². The first-order valence-electron chi connectivity index (χ1n) is 10.4. The van der Waals surface area contributed by atoms with Crippen molar-refractivity contribution in [1.29, 1.82) is 0 Å². The Kier molecular flexibility index (Phi) is 5.92. The van der Waals surface area contributed by atoms with Gasteiger partial charge in [0.05, 0.1) is 18.7 Å². The molecule has 0 bridgehead atoms. The number of piperidine rings is 1. The van der Waals surface area contributed by atoms with Gasteiger partial charge in [-0.2, -0.15) is 18.3 Å². The van der Waals surface area contributed by atoms with E-state index in [1.54, 1.807) is 16.6 Å². The van der Waals surface area contributed by atoms with Crippen LogP contribution in [-0.2, 0) is 17.5 Å². The minimum atomic E-state index is -4.44. The van der Waals surface area contributed by atoms with Crippen molar-refractivity contribution in [3.63, 3.8) is 0 Å². The van der Waals surface area contributed by atoms with Gasteiger partial charge in [-0.1, -0.05) is 0 Å². The normalized spacial score (nSPS) is 19.6. The smallest absolute Gasteiger partial charge is 0.383 e. The summed E-state index contributed by atoms with van der Waals surface area (Å²) in [7, 11) is 1.57. The third-order valence-corrected chi connectivity index (χ3v) is 5.85. The van der Waals surface area contributed by atoms with Gasteiger partial charge in [-0.05, 0) is 49.9 Å². The van der Waals surface area contributed by atoms with Crippen LogP contribution >= 0.6 is 0 Å². The summed E-state index contributed by atoms with van der Waals surface area (Å²) in [5.74, 6) is 0.287. The van der Waals surface area contributed by atoms with Crippen LogP contribution in [0.1, 0.15) is 59.4 Å². The molecular weight excluding hydrogens is 413 g/mol. The molecule has 10 heteroatoms. The van der Waals surface area contributed by atoms with E-state index in [9.17, 15) is 22.8 Å². The Morgan fingerprint density at radius 3 is 2.52 bits per heavy atom. The molecule has 2 aliphatic rings. The first-order chi connectivity index (χ1) is 14.8. The minimum absolute atomic E-state index is 0.0933. The summed E-state index contributed by atoms with van der Waals surface area (Å²) < 4.78 is 46.6. The predicted molar refractivity (Wildman–Crippen MR) is 106 cm³/mol. The molecule has 0 spiro atoms. The zero-order valence-corrected chi connectivity index (χ0v) is 17.3. The van der Waals surface area contributed by atoms with Gasteiger partial charge in [-0.25, -0.2) is 9.48 Å². The van der Waals surface area contributed by atoms with Crippen LogP contribution in [0.15, 0.2) is 29.1 Å². The van der Waals surface area contributed by atoms with E-state index in [4.69, 9.17) is 4.74 Å². The van der Waals surface area contributed by atoms with Crippen LogP contribution < -0.4 is 5.69 Å². The number of likely N-dealkylation sites (tertiary alicyclic amines) is 1. The Morgan fingerprint density at radius 2 is 1.90 bits per heavy atom. The van der Waals surface area contributed by atoms with Crippen LogP contribution in [0.25, 0.3) is 0 Å². The predicted octanol–water partition coefficient (Wildman–Crippen LogP) is 3.06. The zero-order chi connectivity index (χ0) is 22.2. The van der Waals surface area contributed by atoms with Gasteiger partial charge in [0.25, 0.3) is 5.91 Å². The lowest BCUT2D eigenvalue weighted by Gasteiger charge is -2.32. The monoisotopic (exact) mass is 438 g/mol. The molecule has 2 heterocycles. The van der Waals surface area contributed by atoms with Crippen molar-refractivity contribution in [2.24, 2.45) is 0 Å². The summed E-state index contributed by atoms with van der Waals surface area (Å²) in [5, 5.41) is 4.56. The molecule has 1 saturated heterocycles. The Labute approximate surface area is 177 Å². The van der Waals surface area contributed by atoms with Crippen molar-refractivity contribution in [1.82, 2.24) is 19.2 Å². The molecule has 1 aliphatic carbocycles. The highest BCUT2D eigenvalue weighted by molar-refractivity contribution is 5.94. The minimum Gasteiger partial charge on any atom is -0.383 e. The van der Waals surface area contributed by atoms with E-state index in [-0.39, 0.29) is 29.1 Å². The standard InChI is InChI=1S/C21H25F3N4O3/c1-31-12-11-27-20(30)28(17-8-9-17)18(25-27)15-3-2-10-26(13-15)19(29)14-4-6-16(7-5-14)21(22,23)24/h4-7,15,17H,2-3,8-13H2,1H3/t15-/m0/s1. The molecule has 1 saturated carbocycles. The maximum absolute atomic E-state index is 12.9. The van der Waals surface area contributed by atoms with Crippen molar-refractivity contribution < 1.29 is 22.7 Å². The number of hydrogen-bond donors (Lipinski definition) is 0. The molecule has 1 aromatic heterocycles. The molecule has 1 aromatic carbocycles. The van der Waals surface area contributed by atoms with Crippen LogP contribution in [0.2, 0.25) is 0 Å². The van der Waals surface area contributed by atoms with Gasteiger partial charge >= 0.3 is 11.9 Å². The van der Waals surface area contributed by atoms with Crippen molar-refractivity contribution >= 4 is 5.91 Å². The lowest BCUT2D eigenvalue weighted by molar-refractivity contribution is -0.137. The average molecular weight is 438 g/mol. The van der Waals surface area contributed by atoms with Crippen LogP contribution in [0.5, 0.6) is 0 Å². The van der Waals surface area contributed by atoms with Crippen LogP contribution in [0.3, 0.4) is 0 Å². The second-order valence-electron chi connectivity index (χ2n) is 8.12. The lowest BCUT2D eigenvalue weighted by atomic mass is 9.96. The highest BCUT2D eigenvalue weighted by Gasteiger charge is 2.35. The molecule has 0 unspecified atom stereocenters. The molecular formula is C21H25F3N4O3. The van der Waals surface area contributed by atoms with Gasteiger partial charge < -0.3 is 9.64 Å². The highest BCUT2D eigenvalue weighted by Crippen LogP contribution is 2.37. The van der Waals surface area contributed by atoms with Crippen molar-refractivity contribution in [2.75, 3.05) is 26.8 Å². The molecule has 31 heavy (non-hydrogen) atoms. The fourth-order valence-corrected chi connectivity index (χ4v) is 4.07. The van der Waals surface area contributed by atoms with E-state index in [2.05, 4.69) is 5.10 Å². The molecule has 4 rings (SSSR count). The van der Waals surface area contributed by atoms with Gasteiger partial charge in [0.15, 0.2) is 0 Å². The average Bonchev–Trinajstić information content (AvgIpc) is 3.54.